The number of hydrogen-bond donors (Lipinski definition) is 1. The maximum atomic E-state index is 5.71. The molecule has 102 valence electrons. The average Bonchev–Trinajstić information content (AvgIpc) is 3.09. The standard InChI is InChI=1S/C12H17N5OS/c1-7-10(8(2)18-16-7)6-19-12-15-14-11(5-13)17(12)9-3-4-9/h9H,3-6,13H2,1-2H3. The molecule has 0 aromatic carbocycles. The van der Waals surface area contributed by atoms with Gasteiger partial charge in [0.15, 0.2) is 5.16 Å². The third-order valence-corrected chi connectivity index (χ3v) is 4.33. The summed E-state index contributed by atoms with van der Waals surface area (Å²) in [5, 5.41) is 13.3. The van der Waals surface area contributed by atoms with E-state index in [4.69, 9.17) is 10.3 Å². The number of nitrogens with zero attached hydrogens (tertiary/aromatic N) is 4. The molecular formula is C12H17N5OS. The third kappa shape index (κ3) is 2.40. The van der Waals surface area contributed by atoms with Gasteiger partial charge in [-0.3, -0.25) is 0 Å². The molecule has 6 nitrogen and oxygen atoms in total. The Morgan fingerprint density at radius 1 is 1.37 bits per heavy atom. The lowest BCUT2D eigenvalue weighted by Crippen LogP contribution is -2.08. The van der Waals surface area contributed by atoms with E-state index in [0.29, 0.717) is 12.6 Å². The van der Waals surface area contributed by atoms with Gasteiger partial charge in [0.2, 0.25) is 0 Å². The molecule has 0 bridgehead atoms. The molecule has 19 heavy (non-hydrogen) atoms. The summed E-state index contributed by atoms with van der Waals surface area (Å²) in [5.74, 6) is 2.56. The maximum absolute atomic E-state index is 5.71. The average molecular weight is 279 g/mol. The first kappa shape index (κ1) is 12.7. The van der Waals surface area contributed by atoms with E-state index in [9.17, 15) is 0 Å². The summed E-state index contributed by atoms with van der Waals surface area (Å²) in [6, 6.07) is 0.542. The number of nitrogens with two attached hydrogens (primary N) is 1. The van der Waals surface area contributed by atoms with Crippen LogP contribution in [0.4, 0.5) is 0 Å². The Balaban J connectivity index is 1.78. The minimum Gasteiger partial charge on any atom is -0.361 e. The molecule has 1 fully saturated rings. The van der Waals surface area contributed by atoms with E-state index in [2.05, 4.69) is 19.9 Å². The molecule has 0 spiro atoms. The fourth-order valence-electron chi connectivity index (χ4n) is 2.09. The SMILES string of the molecule is Cc1noc(C)c1CSc1nnc(CN)n1C1CC1. The molecule has 2 aromatic rings. The Morgan fingerprint density at radius 2 is 2.16 bits per heavy atom. The topological polar surface area (TPSA) is 82.8 Å². The van der Waals surface area contributed by atoms with Gasteiger partial charge in [-0.2, -0.15) is 0 Å². The van der Waals surface area contributed by atoms with Crippen molar-refractivity contribution in [2.24, 2.45) is 5.73 Å². The molecule has 1 saturated carbocycles. The Kier molecular flexibility index (Phi) is 3.32. The largest absolute Gasteiger partial charge is 0.361 e. The lowest BCUT2D eigenvalue weighted by molar-refractivity contribution is 0.392. The highest BCUT2D eigenvalue weighted by atomic mass is 32.2. The van der Waals surface area contributed by atoms with E-state index >= 15 is 0 Å². The molecule has 0 unspecified atom stereocenters. The van der Waals surface area contributed by atoms with E-state index in [0.717, 1.165) is 33.8 Å². The lowest BCUT2D eigenvalue weighted by atomic mass is 10.2. The molecule has 0 aliphatic heterocycles. The van der Waals surface area contributed by atoms with Gasteiger partial charge >= 0.3 is 0 Å². The Labute approximate surface area is 115 Å². The van der Waals surface area contributed by atoms with Crippen LogP contribution in [0.1, 0.15) is 41.7 Å². The Morgan fingerprint density at radius 3 is 2.74 bits per heavy atom. The monoisotopic (exact) mass is 279 g/mol. The summed E-state index contributed by atoms with van der Waals surface area (Å²) >= 11 is 1.67. The van der Waals surface area contributed by atoms with Gasteiger partial charge in [0.05, 0.1) is 12.2 Å². The first-order valence-electron chi connectivity index (χ1n) is 6.39. The zero-order valence-corrected chi connectivity index (χ0v) is 11.9. The van der Waals surface area contributed by atoms with Crippen molar-refractivity contribution >= 4 is 11.8 Å². The summed E-state index contributed by atoms with van der Waals surface area (Å²) in [7, 11) is 0. The molecular weight excluding hydrogens is 262 g/mol. The highest BCUT2D eigenvalue weighted by Gasteiger charge is 2.29. The van der Waals surface area contributed by atoms with Gasteiger partial charge in [0.1, 0.15) is 11.6 Å². The van der Waals surface area contributed by atoms with Crippen LogP contribution in [0, 0.1) is 13.8 Å². The van der Waals surface area contributed by atoms with Crippen molar-refractivity contribution in [2.75, 3.05) is 0 Å². The highest BCUT2D eigenvalue weighted by Crippen LogP contribution is 2.39. The first-order valence-corrected chi connectivity index (χ1v) is 7.37. The van der Waals surface area contributed by atoms with Crippen molar-refractivity contribution in [3.05, 3.63) is 22.8 Å². The van der Waals surface area contributed by atoms with Gasteiger partial charge in [-0.15, -0.1) is 10.2 Å². The predicted molar refractivity (Wildman–Crippen MR) is 71.7 cm³/mol. The van der Waals surface area contributed by atoms with Gasteiger partial charge in [-0.1, -0.05) is 16.9 Å². The summed E-state index contributed by atoms with van der Waals surface area (Å²) in [4.78, 5) is 0. The molecule has 0 saturated heterocycles. The van der Waals surface area contributed by atoms with Crippen LogP contribution in [-0.4, -0.2) is 19.9 Å². The van der Waals surface area contributed by atoms with Gasteiger partial charge in [0.25, 0.3) is 0 Å². The quantitative estimate of drug-likeness (QED) is 0.842. The Hall–Kier alpha value is -1.34. The molecule has 1 aliphatic carbocycles. The van der Waals surface area contributed by atoms with Gasteiger partial charge in [-0.25, -0.2) is 0 Å². The minimum atomic E-state index is 0.440. The van der Waals surface area contributed by atoms with E-state index in [1.54, 1.807) is 11.8 Å². The van der Waals surface area contributed by atoms with Crippen LogP contribution in [0.3, 0.4) is 0 Å². The molecule has 2 aromatic heterocycles. The van der Waals surface area contributed by atoms with E-state index in [1.165, 1.54) is 12.8 Å². The van der Waals surface area contributed by atoms with Crippen LogP contribution in [0.25, 0.3) is 0 Å². The summed E-state index contributed by atoms with van der Waals surface area (Å²) < 4.78 is 7.36. The van der Waals surface area contributed by atoms with Crippen molar-refractivity contribution in [1.82, 2.24) is 19.9 Å². The van der Waals surface area contributed by atoms with Crippen molar-refractivity contribution < 1.29 is 4.52 Å². The second-order valence-electron chi connectivity index (χ2n) is 4.80. The van der Waals surface area contributed by atoms with E-state index in [-0.39, 0.29) is 0 Å². The van der Waals surface area contributed by atoms with Crippen molar-refractivity contribution in [3.63, 3.8) is 0 Å². The van der Waals surface area contributed by atoms with Crippen LogP contribution < -0.4 is 5.73 Å². The smallest absolute Gasteiger partial charge is 0.191 e. The second kappa shape index (κ2) is 4.97. The van der Waals surface area contributed by atoms with Crippen LogP contribution >= 0.6 is 11.8 Å². The number of rotatable bonds is 5. The number of aromatic nitrogens is 4. The van der Waals surface area contributed by atoms with Gasteiger partial charge < -0.3 is 14.8 Å². The first-order chi connectivity index (χ1) is 9.20. The number of hydrogen-bond acceptors (Lipinski definition) is 6. The summed E-state index contributed by atoms with van der Waals surface area (Å²) in [6.45, 7) is 4.34. The summed E-state index contributed by atoms with van der Waals surface area (Å²) in [5.41, 5.74) is 7.80. The lowest BCUT2D eigenvalue weighted by Gasteiger charge is -2.07. The van der Waals surface area contributed by atoms with Crippen molar-refractivity contribution in [2.45, 2.75) is 50.2 Å². The molecule has 7 heteroatoms. The van der Waals surface area contributed by atoms with Crippen LogP contribution in [0.5, 0.6) is 0 Å². The molecule has 2 heterocycles. The maximum Gasteiger partial charge on any atom is 0.191 e. The molecule has 1 aliphatic rings. The Bertz CT molecular complexity index is 567. The fraction of sp³-hybridized carbons (Fsp3) is 0.583. The zero-order chi connectivity index (χ0) is 13.4. The molecule has 3 rings (SSSR count). The third-order valence-electron chi connectivity index (χ3n) is 3.36. The van der Waals surface area contributed by atoms with Gasteiger partial charge in [-0.05, 0) is 26.7 Å². The zero-order valence-electron chi connectivity index (χ0n) is 11.1. The molecule has 0 amide bonds. The fourth-order valence-corrected chi connectivity index (χ4v) is 3.27. The van der Waals surface area contributed by atoms with Crippen molar-refractivity contribution in [1.29, 1.82) is 0 Å². The van der Waals surface area contributed by atoms with Crippen molar-refractivity contribution in [3.8, 4) is 0 Å². The van der Waals surface area contributed by atoms with Crippen LogP contribution in [0.2, 0.25) is 0 Å². The van der Waals surface area contributed by atoms with E-state index < -0.39 is 0 Å². The number of aryl methyl sites for hydroxylation is 2. The summed E-state index contributed by atoms with van der Waals surface area (Å²) in [6.07, 6.45) is 2.40. The predicted octanol–water partition coefficient (Wildman–Crippen LogP) is 1.97. The molecule has 0 radical (unpaired) electrons. The normalized spacial score (nSPS) is 15.1. The van der Waals surface area contributed by atoms with Crippen LogP contribution in [0.15, 0.2) is 9.68 Å². The van der Waals surface area contributed by atoms with Crippen LogP contribution in [-0.2, 0) is 12.3 Å². The molecule has 0 atom stereocenters. The molecule has 2 N–H and O–H groups in total. The second-order valence-corrected chi connectivity index (χ2v) is 5.74. The van der Waals surface area contributed by atoms with E-state index in [1.807, 2.05) is 13.8 Å². The number of thioether (sulfide) groups is 1. The highest BCUT2D eigenvalue weighted by molar-refractivity contribution is 7.98. The van der Waals surface area contributed by atoms with Gasteiger partial charge in [0, 0.05) is 17.4 Å². The minimum absolute atomic E-state index is 0.440.